The van der Waals surface area contributed by atoms with Crippen LogP contribution in [0.5, 0.6) is 0 Å². The molecule has 2 amide bonds. The fraction of sp³-hybridized carbons (Fsp3) is 0.310. The van der Waals surface area contributed by atoms with E-state index in [0.29, 0.717) is 10.7 Å². The second-order valence-electron chi connectivity index (χ2n) is 9.62. The standard InChI is InChI=1S/C29H31ClIN3O4S/c1-21(29(36)32-25-10-5-6-11-25)33(19-22-8-7-9-23(30)18-22)28(35)20-34(26-16-14-24(31)15-17-26)39(37,38)27-12-3-2-4-13-27/h2-4,7-9,12-18,21,25H,5-6,10-11,19-20H2,1H3,(H,32,36)/t21-/m1/s1. The molecule has 3 aromatic rings. The average molecular weight is 680 g/mol. The summed E-state index contributed by atoms with van der Waals surface area (Å²) in [6, 6.07) is 21.3. The molecule has 1 N–H and O–H groups in total. The van der Waals surface area contributed by atoms with E-state index in [4.69, 9.17) is 11.6 Å². The molecule has 0 unspecified atom stereocenters. The Hall–Kier alpha value is -2.63. The molecule has 0 heterocycles. The third-order valence-corrected chi connectivity index (χ3v) is 9.58. The maximum absolute atomic E-state index is 13.9. The van der Waals surface area contributed by atoms with Crippen molar-refractivity contribution in [3.05, 3.63) is 93.0 Å². The third kappa shape index (κ3) is 7.52. The van der Waals surface area contributed by atoms with Crippen molar-refractivity contribution in [2.24, 2.45) is 0 Å². The number of sulfonamides is 1. The maximum atomic E-state index is 13.9. The summed E-state index contributed by atoms with van der Waals surface area (Å²) in [7, 11) is -4.08. The number of halogens is 2. The SMILES string of the molecule is C[C@H](C(=O)NC1CCCC1)N(Cc1cccc(Cl)c1)C(=O)CN(c1ccc(I)cc1)S(=O)(=O)c1ccccc1. The molecule has 4 rings (SSSR count). The van der Waals surface area contributed by atoms with Crippen molar-refractivity contribution in [1.29, 1.82) is 0 Å². The quantitative estimate of drug-likeness (QED) is 0.282. The van der Waals surface area contributed by atoms with Gasteiger partial charge in [-0.05, 0) is 96.5 Å². The van der Waals surface area contributed by atoms with Crippen molar-refractivity contribution in [1.82, 2.24) is 10.2 Å². The average Bonchev–Trinajstić information content (AvgIpc) is 3.44. The molecule has 0 bridgehead atoms. The molecule has 1 saturated carbocycles. The van der Waals surface area contributed by atoms with Gasteiger partial charge in [0.2, 0.25) is 11.8 Å². The molecule has 1 aliphatic carbocycles. The summed E-state index contributed by atoms with van der Waals surface area (Å²) in [6.45, 7) is 1.30. The molecule has 0 spiro atoms. The number of carbonyl (C=O) groups excluding carboxylic acids is 2. The van der Waals surface area contributed by atoms with E-state index in [0.717, 1.165) is 39.1 Å². The van der Waals surface area contributed by atoms with Gasteiger partial charge in [0, 0.05) is 21.2 Å². The lowest BCUT2D eigenvalue weighted by Gasteiger charge is -2.32. The van der Waals surface area contributed by atoms with Crippen LogP contribution in [0.25, 0.3) is 0 Å². The second kappa shape index (κ2) is 13.1. The summed E-state index contributed by atoms with van der Waals surface area (Å²) < 4.78 is 29.6. The van der Waals surface area contributed by atoms with E-state index in [1.54, 1.807) is 67.6 Å². The molecule has 39 heavy (non-hydrogen) atoms. The third-order valence-electron chi connectivity index (χ3n) is 6.84. The van der Waals surface area contributed by atoms with Crippen molar-refractivity contribution in [3.8, 4) is 0 Å². The van der Waals surface area contributed by atoms with Gasteiger partial charge >= 0.3 is 0 Å². The predicted octanol–water partition coefficient (Wildman–Crippen LogP) is 5.62. The van der Waals surface area contributed by atoms with E-state index in [9.17, 15) is 18.0 Å². The summed E-state index contributed by atoms with van der Waals surface area (Å²) in [5, 5.41) is 3.58. The van der Waals surface area contributed by atoms with Gasteiger partial charge in [-0.25, -0.2) is 8.42 Å². The highest BCUT2D eigenvalue weighted by atomic mass is 127. The largest absolute Gasteiger partial charge is 0.352 e. The summed E-state index contributed by atoms with van der Waals surface area (Å²) in [6.07, 6.45) is 3.95. The van der Waals surface area contributed by atoms with Gasteiger partial charge in [0.15, 0.2) is 0 Å². The zero-order valence-electron chi connectivity index (χ0n) is 21.6. The lowest BCUT2D eigenvalue weighted by molar-refractivity contribution is -0.139. The van der Waals surface area contributed by atoms with Crippen LogP contribution in [0, 0.1) is 3.57 Å². The van der Waals surface area contributed by atoms with Gasteiger partial charge in [0.05, 0.1) is 10.6 Å². The van der Waals surface area contributed by atoms with E-state index in [1.807, 2.05) is 6.07 Å². The van der Waals surface area contributed by atoms with Crippen LogP contribution < -0.4 is 9.62 Å². The molecule has 0 aromatic heterocycles. The predicted molar refractivity (Wildman–Crippen MR) is 162 cm³/mol. The van der Waals surface area contributed by atoms with Gasteiger partial charge in [-0.15, -0.1) is 0 Å². The topological polar surface area (TPSA) is 86.8 Å². The number of hydrogen-bond acceptors (Lipinski definition) is 4. The minimum absolute atomic E-state index is 0.0739. The van der Waals surface area contributed by atoms with Crippen LogP contribution in [0.4, 0.5) is 5.69 Å². The molecule has 3 aromatic carbocycles. The van der Waals surface area contributed by atoms with Gasteiger partial charge in [0.25, 0.3) is 10.0 Å². The number of benzene rings is 3. The first-order valence-electron chi connectivity index (χ1n) is 12.8. The minimum Gasteiger partial charge on any atom is -0.352 e. The second-order valence-corrected chi connectivity index (χ2v) is 13.2. The number of hydrogen-bond donors (Lipinski definition) is 1. The number of nitrogens with one attached hydrogen (secondary N) is 1. The van der Waals surface area contributed by atoms with Crippen molar-refractivity contribution in [3.63, 3.8) is 0 Å². The van der Waals surface area contributed by atoms with Crippen molar-refractivity contribution < 1.29 is 18.0 Å². The normalized spacial score (nSPS) is 14.5. The number of rotatable bonds is 10. The summed E-state index contributed by atoms with van der Waals surface area (Å²) >= 11 is 8.34. The van der Waals surface area contributed by atoms with E-state index >= 15 is 0 Å². The van der Waals surface area contributed by atoms with E-state index in [2.05, 4.69) is 27.9 Å². The molecular formula is C29H31ClIN3O4S. The molecule has 10 heteroatoms. The number of amides is 2. The Morgan fingerprint density at radius 1 is 1.00 bits per heavy atom. The Morgan fingerprint density at radius 2 is 1.67 bits per heavy atom. The Balaban J connectivity index is 1.67. The van der Waals surface area contributed by atoms with Gasteiger partial charge in [-0.2, -0.15) is 0 Å². The molecule has 206 valence electrons. The highest BCUT2D eigenvalue weighted by molar-refractivity contribution is 14.1. The van der Waals surface area contributed by atoms with Crippen LogP contribution >= 0.6 is 34.2 Å². The number of anilines is 1. The molecule has 1 atom stereocenters. The molecular weight excluding hydrogens is 649 g/mol. The Morgan fingerprint density at radius 3 is 2.31 bits per heavy atom. The Labute approximate surface area is 248 Å². The van der Waals surface area contributed by atoms with Crippen LogP contribution in [0.3, 0.4) is 0 Å². The van der Waals surface area contributed by atoms with Gasteiger partial charge in [0.1, 0.15) is 12.6 Å². The Bertz CT molecular complexity index is 1400. The summed E-state index contributed by atoms with van der Waals surface area (Å²) in [5.74, 6) is -0.758. The molecule has 1 aliphatic rings. The molecule has 7 nitrogen and oxygen atoms in total. The lowest BCUT2D eigenvalue weighted by Crippen LogP contribution is -2.52. The van der Waals surface area contributed by atoms with Gasteiger partial charge in [-0.3, -0.25) is 13.9 Å². The molecule has 0 aliphatic heterocycles. The Kier molecular flexibility index (Phi) is 9.90. The van der Waals surface area contributed by atoms with Crippen LogP contribution in [0.1, 0.15) is 38.2 Å². The highest BCUT2D eigenvalue weighted by Gasteiger charge is 2.33. The number of carbonyl (C=O) groups is 2. The monoisotopic (exact) mass is 679 g/mol. The molecule has 0 saturated heterocycles. The van der Waals surface area contributed by atoms with Crippen LogP contribution in [-0.2, 0) is 26.2 Å². The van der Waals surface area contributed by atoms with Crippen LogP contribution in [-0.4, -0.2) is 43.8 Å². The van der Waals surface area contributed by atoms with Gasteiger partial charge in [-0.1, -0.05) is 54.8 Å². The van der Waals surface area contributed by atoms with E-state index in [1.165, 1.54) is 17.0 Å². The zero-order valence-corrected chi connectivity index (χ0v) is 25.3. The molecule has 1 fully saturated rings. The minimum atomic E-state index is -4.08. The zero-order chi connectivity index (χ0) is 28.0. The number of nitrogens with zero attached hydrogens (tertiary/aromatic N) is 2. The maximum Gasteiger partial charge on any atom is 0.264 e. The summed E-state index contributed by atoms with van der Waals surface area (Å²) in [4.78, 5) is 28.7. The van der Waals surface area contributed by atoms with Crippen LogP contribution in [0.2, 0.25) is 5.02 Å². The van der Waals surface area contributed by atoms with E-state index < -0.39 is 28.5 Å². The first-order valence-corrected chi connectivity index (χ1v) is 15.7. The molecule has 0 radical (unpaired) electrons. The summed E-state index contributed by atoms with van der Waals surface area (Å²) in [5.41, 5.74) is 1.10. The van der Waals surface area contributed by atoms with Crippen molar-refractivity contribution in [2.45, 2.75) is 56.1 Å². The van der Waals surface area contributed by atoms with Crippen molar-refractivity contribution >= 4 is 61.7 Å². The lowest BCUT2D eigenvalue weighted by atomic mass is 10.1. The van der Waals surface area contributed by atoms with Gasteiger partial charge < -0.3 is 10.2 Å². The van der Waals surface area contributed by atoms with Crippen molar-refractivity contribution in [2.75, 3.05) is 10.8 Å². The van der Waals surface area contributed by atoms with E-state index in [-0.39, 0.29) is 23.4 Å². The highest BCUT2D eigenvalue weighted by Crippen LogP contribution is 2.26. The smallest absolute Gasteiger partial charge is 0.264 e. The first kappa shape index (κ1) is 29.4. The fourth-order valence-electron chi connectivity index (χ4n) is 4.66. The van der Waals surface area contributed by atoms with Crippen LogP contribution in [0.15, 0.2) is 83.8 Å². The first-order chi connectivity index (χ1) is 18.6. The fourth-order valence-corrected chi connectivity index (χ4v) is 6.67.